The number of benzene rings is 4. The minimum absolute atomic E-state index is 0.306. The molecule has 1 fully saturated rings. The molecular weight excluding hydrogens is 1100 g/mol. The second kappa shape index (κ2) is 27.3. The third-order valence-electron chi connectivity index (χ3n) is 7.73. The van der Waals surface area contributed by atoms with Gasteiger partial charge in [-0.05, 0) is 29.1 Å². The van der Waals surface area contributed by atoms with E-state index >= 15 is 0 Å². The minimum atomic E-state index is -6.09. The SMILES string of the molecule is FC(F)(F)C(F)(F)c1ccccc1.FC(F)(F)C1(c2ccccc2)SCCCS1.FC(F)(F)C1=[S+]CCCS1.FC(F)(F)Cc1ccccc1.O=C(c1ccccc1)C(F)(F)F.O=S(=O)([O-])C(F)(F)F. The average molecular weight is 1130 g/mol. The van der Waals surface area contributed by atoms with Crippen LogP contribution in [0.4, 0.5) is 87.8 Å². The second-order valence-corrected chi connectivity index (χ2v) is 19.9. The quantitative estimate of drug-likeness (QED) is 0.0503. The normalized spacial score (nSPS) is 15.4. The van der Waals surface area contributed by atoms with Crippen molar-refractivity contribution in [2.45, 2.75) is 65.7 Å². The molecule has 1 saturated heterocycles. The first kappa shape index (κ1) is 64.2. The fraction of sp³-hybridized carbons (Fsp3) is 0.366. The lowest BCUT2D eigenvalue weighted by atomic mass is 10.1. The van der Waals surface area contributed by atoms with Gasteiger partial charge in [-0.2, -0.15) is 87.8 Å². The Labute approximate surface area is 403 Å². The summed E-state index contributed by atoms with van der Waals surface area (Å²) in [5.74, 6) is -4.20. The first-order valence-corrected chi connectivity index (χ1v) is 24.1. The highest BCUT2D eigenvalue weighted by molar-refractivity contribution is 8.23. The topological polar surface area (TPSA) is 74.3 Å². The van der Waals surface area contributed by atoms with Crippen LogP contribution in [0, 0.1) is 0 Å². The van der Waals surface area contributed by atoms with Crippen molar-refractivity contribution in [1.82, 2.24) is 0 Å². The number of alkyl halides is 20. The first-order chi connectivity index (χ1) is 31.9. The van der Waals surface area contributed by atoms with Gasteiger partial charge in [-0.15, -0.1) is 23.5 Å². The van der Waals surface area contributed by atoms with Gasteiger partial charge in [0.2, 0.25) is 0 Å². The second-order valence-electron chi connectivity index (χ2n) is 13.2. The predicted octanol–water partition coefficient (Wildman–Crippen LogP) is 14.8. The Kier molecular flexibility index (Phi) is 25.1. The fourth-order valence-corrected chi connectivity index (χ4v) is 10.1. The van der Waals surface area contributed by atoms with E-state index in [0.29, 0.717) is 34.1 Å². The molecule has 0 aliphatic carbocycles. The Hall–Kier alpha value is -3.80. The van der Waals surface area contributed by atoms with E-state index in [2.05, 4.69) is 0 Å². The van der Waals surface area contributed by atoms with Gasteiger partial charge in [0, 0.05) is 23.3 Å². The molecule has 0 amide bonds. The fourth-order valence-electron chi connectivity index (χ4n) is 4.67. The number of rotatable bonds is 4. The van der Waals surface area contributed by atoms with Crippen molar-refractivity contribution in [3.05, 3.63) is 144 Å². The van der Waals surface area contributed by atoms with E-state index in [1.807, 2.05) is 0 Å². The molecule has 0 spiro atoms. The van der Waals surface area contributed by atoms with E-state index in [-0.39, 0.29) is 9.76 Å². The highest BCUT2D eigenvalue weighted by Gasteiger charge is 2.59. The van der Waals surface area contributed by atoms with Gasteiger partial charge in [0.25, 0.3) is 5.78 Å². The molecule has 0 bridgehead atoms. The van der Waals surface area contributed by atoms with Gasteiger partial charge in [0.15, 0.2) is 31.3 Å². The molecule has 2 heterocycles. The van der Waals surface area contributed by atoms with E-state index in [1.54, 1.807) is 54.6 Å². The van der Waals surface area contributed by atoms with Crippen LogP contribution < -0.4 is 0 Å². The van der Waals surface area contributed by atoms with Crippen LogP contribution in [0.25, 0.3) is 0 Å². The van der Waals surface area contributed by atoms with Crippen LogP contribution in [0.3, 0.4) is 0 Å². The molecule has 0 radical (unpaired) electrons. The summed E-state index contributed by atoms with van der Waals surface area (Å²) < 4.78 is 263. The molecule has 4 aromatic rings. The lowest BCUT2D eigenvalue weighted by Gasteiger charge is -2.37. The number of carbonyl (C=O) groups excluding carboxylic acids is 1. The minimum Gasteiger partial charge on any atom is -0.741 e. The van der Waals surface area contributed by atoms with Crippen LogP contribution in [-0.4, -0.2) is 82.4 Å². The van der Waals surface area contributed by atoms with Crippen molar-refractivity contribution in [3.8, 4) is 0 Å². The van der Waals surface area contributed by atoms with Crippen molar-refractivity contribution in [3.63, 3.8) is 0 Å². The van der Waals surface area contributed by atoms with E-state index in [1.165, 1.54) is 30.3 Å². The van der Waals surface area contributed by atoms with Gasteiger partial charge in [-0.1, -0.05) is 133 Å². The summed E-state index contributed by atoms with van der Waals surface area (Å²) in [6.07, 6.45) is -21.8. The zero-order chi connectivity index (χ0) is 53.9. The summed E-state index contributed by atoms with van der Waals surface area (Å²) in [5, 5.41) is 0. The summed E-state index contributed by atoms with van der Waals surface area (Å²) in [6.45, 7) is 0. The van der Waals surface area contributed by atoms with Gasteiger partial charge >= 0.3 is 46.5 Å². The number of halogens is 20. The molecule has 0 aromatic heterocycles. The molecule has 2 aliphatic rings. The first-order valence-electron chi connectivity index (χ1n) is 18.8. The number of ketones is 1. The maximum Gasteiger partial charge on any atom is 0.485 e. The zero-order valence-corrected chi connectivity index (χ0v) is 38.8. The Morgan fingerprint density at radius 3 is 1.33 bits per heavy atom. The van der Waals surface area contributed by atoms with E-state index < -0.39 is 74.3 Å². The van der Waals surface area contributed by atoms with Crippen molar-refractivity contribution >= 4 is 66.7 Å². The van der Waals surface area contributed by atoms with Gasteiger partial charge < -0.3 is 4.55 Å². The molecule has 0 unspecified atom stereocenters. The van der Waals surface area contributed by atoms with Gasteiger partial charge in [0.05, 0.1) is 6.42 Å². The van der Waals surface area contributed by atoms with Crippen molar-refractivity contribution in [2.75, 3.05) is 23.0 Å². The largest absolute Gasteiger partial charge is 0.741 e. The highest BCUT2D eigenvalue weighted by Crippen LogP contribution is 2.59. The Balaban J connectivity index is 0.000000426. The van der Waals surface area contributed by atoms with Crippen LogP contribution in [0.1, 0.15) is 39.9 Å². The Bertz CT molecular complexity index is 2260. The molecule has 0 saturated carbocycles. The Morgan fingerprint density at radius 1 is 0.586 bits per heavy atom. The number of carbonyl (C=O) groups is 1. The summed E-state index contributed by atoms with van der Waals surface area (Å²) in [4.78, 5) is 10.5. The molecule has 4 aromatic carbocycles. The van der Waals surface area contributed by atoms with Crippen molar-refractivity contribution < 1.29 is 106 Å². The van der Waals surface area contributed by atoms with E-state index in [0.717, 1.165) is 95.9 Å². The molecule has 70 heavy (non-hydrogen) atoms. The lowest BCUT2D eigenvalue weighted by Crippen LogP contribution is -2.38. The predicted molar refractivity (Wildman–Crippen MR) is 229 cm³/mol. The van der Waals surface area contributed by atoms with Gasteiger partial charge in [0.1, 0.15) is 0 Å². The molecular formula is C41H34F20O4S5. The summed E-state index contributed by atoms with van der Waals surface area (Å²) in [6, 6.07) is 27.8. The zero-order valence-electron chi connectivity index (χ0n) is 34.7. The van der Waals surface area contributed by atoms with Crippen LogP contribution in [-0.2, 0) is 37.9 Å². The summed E-state index contributed by atoms with van der Waals surface area (Å²) in [5.41, 5.74) is -6.35. The molecule has 0 N–H and O–H groups in total. The van der Waals surface area contributed by atoms with Crippen LogP contribution in [0.15, 0.2) is 121 Å². The molecule has 0 atom stereocenters. The van der Waals surface area contributed by atoms with Crippen molar-refractivity contribution in [2.24, 2.45) is 0 Å². The highest BCUT2D eigenvalue weighted by atomic mass is 32.2. The molecule has 4 nitrogen and oxygen atoms in total. The lowest BCUT2D eigenvalue weighted by molar-refractivity contribution is -0.289. The molecule has 6 rings (SSSR count). The maximum atomic E-state index is 13.2. The smallest absolute Gasteiger partial charge is 0.485 e. The van der Waals surface area contributed by atoms with E-state index in [9.17, 15) is 92.6 Å². The molecule has 29 heteroatoms. The molecule has 392 valence electrons. The van der Waals surface area contributed by atoms with E-state index in [4.69, 9.17) is 13.0 Å². The third-order valence-corrected chi connectivity index (χ3v) is 14.4. The number of hydrogen-bond donors (Lipinski definition) is 0. The third kappa shape index (κ3) is 22.7. The average Bonchev–Trinajstić information content (AvgIpc) is 3.26. The summed E-state index contributed by atoms with van der Waals surface area (Å²) >= 11 is 3.87. The maximum absolute atomic E-state index is 13.2. The van der Waals surface area contributed by atoms with Crippen LogP contribution in [0.2, 0.25) is 0 Å². The number of Topliss-reactive ketones (excluding diaryl/α,β-unsaturated/α-hetero) is 1. The van der Waals surface area contributed by atoms with Crippen LogP contribution >= 0.6 is 35.3 Å². The monoisotopic (exact) mass is 1130 g/mol. The summed E-state index contributed by atoms with van der Waals surface area (Å²) in [7, 11) is -6.09. The Morgan fingerprint density at radius 2 is 1.00 bits per heavy atom. The van der Waals surface area contributed by atoms with Gasteiger partial charge in [-0.3, -0.25) is 4.79 Å². The molecule has 2 aliphatic heterocycles. The number of hydrogen-bond acceptors (Lipinski definition) is 7. The van der Waals surface area contributed by atoms with Crippen molar-refractivity contribution in [1.29, 1.82) is 0 Å². The van der Waals surface area contributed by atoms with Crippen LogP contribution in [0.5, 0.6) is 0 Å². The number of thioether (sulfide) groups is 3. The standard InChI is InChI=1S/C11H11F3S2.C8H5F5.C8H5F3O.C8H7F3.C5H6F3S2.CHF3O3S/c12-11(13,14)10(15-7-4-8-16-10)9-5-2-1-3-6-9;9-7(10,8(11,12)13)6-4-2-1-3-5-6;9-8(10,11)7(12)6-4-2-1-3-5-6;9-8(10,11)6-7-4-2-1-3-5-7;6-5(7,8)4-9-2-1-3-10-4;2-1(3,4)8(5,6)7/h1-3,5-6H,4,7-8H2;1-5H;1-5H;1-5H,6H2;1-3H2;(H,5,6,7)/q;;;;+1;/p-1. The van der Waals surface area contributed by atoms with Gasteiger partial charge in [-0.25, -0.2) is 8.42 Å².